The molecule has 3 heterocycles. The summed E-state index contributed by atoms with van der Waals surface area (Å²) in [5.74, 6) is -1.84. The van der Waals surface area contributed by atoms with Gasteiger partial charge in [-0.05, 0) is 19.9 Å². The quantitative estimate of drug-likeness (QED) is 0.657. The van der Waals surface area contributed by atoms with E-state index in [2.05, 4.69) is 5.32 Å². The summed E-state index contributed by atoms with van der Waals surface area (Å²) in [6.45, 7) is 7.36. The first kappa shape index (κ1) is 15.8. The van der Waals surface area contributed by atoms with Crippen molar-refractivity contribution in [2.24, 2.45) is 11.3 Å². The lowest BCUT2D eigenvalue weighted by Gasteiger charge is -2.49. The Hall–Kier alpha value is -1.05. The van der Waals surface area contributed by atoms with Crippen LogP contribution in [0.2, 0.25) is 0 Å². The number of carboxylic acid groups (broad SMARTS) is 1. The van der Waals surface area contributed by atoms with Gasteiger partial charge in [0.2, 0.25) is 5.91 Å². The molecule has 22 heavy (non-hydrogen) atoms. The lowest BCUT2D eigenvalue weighted by molar-refractivity contribution is -0.166. The molecule has 0 bridgehead atoms. The second-order valence-corrected chi connectivity index (χ2v) is 8.17. The minimum absolute atomic E-state index is 0.119. The minimum atomic E-state index is -1.05. The van der Waals surface area contributed by atoms with Crippen LogP contribution in [0, 0.1) is 11.3 Å². The second-order valence-electron chi connectivity index (χ2n) is 6.86. The molecule has 3 rings (SSSR count). The molecule has 0 aromatic carbocycles. The molecule has 2 saturated heterocycles. The van der Waals surface area contributed by atoms with Crippen LogP contribution in [0.1, 0.15) is 27.2 Å². The van der Waals surface area contributed by atoms with E-state index in [9.17, 15) is 19.8 Å². The predicted molar refractivity (Wildman–Crippen MR) is 83.1 cm³/mol. The largest absolute Gasteiger partial charge is 0.477 e. The van der Waals surface area contributed by atoms with Crippen molar-refractivity contribution in [3.63, 3.8) is 0 Å². The zero-order chi connectivity index (χ0) is 16.2. The van der Waals surface area contributed by atoms with Crippen LogP contribution in [0.25, 0.3) is 0 Å². The van der Waals surface area contributed by atoms with Crippen LogP contribution in [0.4, 0.5) is 0 Å². The van der Waals surface area contributed by atoms with Crippen LogP contribution in [0.5, 0.6) is 0 Å². The fraction of sp³-hybridized carbons (Fsp3) is 0.733. The number of carboxylic acids is 1. The third kappa shape index (κ3) is 2.10. The maximum atomic E-state index is 12.3. The van der Waals surface area contributed by atoms with Gasteiger partial charge in [-0.3, -0.25) is 4.79 Å². The first-order valence-corrected chi connectivity index (χ1v) is 8.51. The van der Waals surface area contributed by atoms with Gasteiger partial charge in [0.15, 0.2) is 0 Å². The molecule has 1 amide bonds. The average molecular weight is 326 g/mol. The van der Waals surface area contributed by atoms with Gasteiger partial charge in [-0.2, -0.15) is 0 Å². The Bertz CT molecular complexity index is 552. The van der Waals surface area contributed by atoms with E-state index in [4.69, 9.17) is 0 Å². The Morgan fingerprint density at radius 2 is 2.18 bits per heavy atom. The summed E-state index contributed by atoms with van der Waals surface area (Å²) in [6.07, 6.45) is 0.232. The maximum absolute atomic E-state index is 12.3. The molecule has 0 radical (unpaired) electrons. The van der Waals surface area contributed by atoms with Crippen molar-refractivity contribution in [3.8, 4) is 0 Å². The van der Waals surface area contributed by atoms with Gasteiger partial charge in [-0.25, -0.2) is 4.79 Å². The molecule has 0 aliphatic carbocycles. The minimum Gasteiger partial charge on any atom is -0.477 e. The summed E-state index contributed by atoms with van der Waals surface area (Å²) >= 11 is 1.58. The van der Waals surface area contributed by atoms with Crippen LogP contribution < -0.4 is 5.32 Å². The van der Waals surface area contributed by atoms with E-state index in [0.717, 1.165) is 24.4 Å². The number of fused-ring (bicyclic) bond motifs is 1. The number of hydrogen-bond donors (Lipinski definition) is 3. The van der Waals surface area contributed by atoms with Crippen molar-refractivity contribution >= 4 is 23.6 Å². The van der Waals surface area contributed by atoms with Crippen LogP contribution in [0.3, 0.4) is 0 Å². The Morgan fingerprint density at radius 1 is 1.50 bits per heavy atom. The normalized spacial score (nSPS) is 34.6. The number of aliphatic hydroxyl groups is 1. The number of rotatable bonds is 4. The molecule has 3 aliphatic rings. The Kier molecular flexibility index (Phi) is 3.78. The number of aliphatic carboxylic acids is 1. The monoisotopic (exact) mass is 326 g/mol. The summed E-state index contributed by atoms with van der Waals surface area (Å²) in [7, 11) is 0. The number of amides is 1. The van der Waals surface area contributed by atoms with E-state index in [1.807, 2.05) is 13.8 Å². The van der Waals surface area contributed by atoms with E-state index >= 15 is 0 Å². The van der Waals surface area contributed by atoms with E-state index in [1.165, 1.54) is 4.90 Å². The van der Waals surface area contributed by atoms with E-state index in [-0.39, 0.29) is 17.6 Å². The number of β-lactam (4-membered cyclic amide) rings is 1. The highest BCUT2D eigenvalue weighted by molar-refractivity contribution is 8.03. The number of thioether (sulfide) groups is 1. The molecule has 6 nitrogen and oxygen atoms in total. The molecule has 0 aromatic rings. The Balaban J connectivity index is 1.98. The summed E-state index contributed by atoms with van der Waals surface area (Å²) < 4.78 is 0. The highest BCUT2D eigenvalue weighted by atomic mass is 32.2. The van der Waals surface area contributed by atoms with Gasteiger partial charge < -0.3 is 20.4 Å². The van der Waals surface area contributed by atoms with Gasteiger partial charge in [0, 0.05) is 22.1 Å². The van der Waals surface area contributed by atoms with Crippen molar-refractivity contribution < 1.29 is 19.8 Å². The third-order valence-electron chi connectivity index (χ3n) is 4.94. The zero-order valence-electron chi connectivity index (χ0n) is 13.0. The summed E-state index contributed by atoms with van der Waals surface area (Å²) in [5.41, 5.74) is -0.329. The number of carbonyl (C=O) groups excluding carboxylic acids is 1. The van der Waals surface area contributed by atoms with Crippen LogP contribution in [-0.2, 0) is 9.59 Å². The molecule has 3 N–H and O–H groups in total. The second kappa shape index (κ2) is 5.25. The number of nitrogens with zero attached hydrogens (tertiary/aromatic N) is 1. The molecule has 122 valence electrons. The van der Waals surface area contributed by atoms with Gasteiger partial charge in [-0.1, -0.05) is 13.8 Å². The van der Waals surface area contributed by atoms with Crippen molar-refractivity contribution in [2.45, 2.75) is 44.6 Å². The topological polar surface area (TPSA) is 89.9 Å². The highest BCUT2D eigenvalue weighted by Crippen LogP contribution is 2.58. The van der Waals surface area contributed by atoms with Gasteiger partial charge in [0.25, 0.3) is 0 Å². The van der Waals surface area contributed by atoms with Crippen LogP contribution in [0.15, 0.2) is 10.6 Å². The average Bonchev–Trinajstić information content (AvgIpc) is 2.96. The molecule has 0 aromatic heterocycles. The lowest BCUT2D eigenvalue weighted by Crippen LogP contribution is -2.65. The Morgan fingerprint density at radius 3 is 2.68 bits per heavy atom. The van der Waals surface area contributed by atoms with Gasteiger partial charge >= 0.3 is 5.97 Å². The number of hydrogen-bond acceptors (Lipinski definition) is 5. The summed E-state index contributed by atoms with van der Waals surface area (Å²) in [6, 6.07) is -0.261. The first-order chi connectivity index (χ1) is 10.3. The van der Waals surface area contributed by atoms with Crippen molar-refractivity contribution in [1.82, 2.24) is 10.2 Å². The van der Waals surface area contributed by atoms with Gasteiger partial charge in [0.1, 0.15) is 5.70 Å². The standard InChI is InChI=1S/C15H22N2O4S/c1-7(18)9-11-15(2,3)12(22-8-4-5-16-6-8)10(14(20)21)17(11)13(9)19/h7-9,11,16,18H,4-6H2,1-3H3,(H,20,21)/t7-,8+,9-,11-/m1/s1. The third-order valence-corrected chi connectivity index (χ3v) is 6.63. The van der Waals surface area contributed by atoms with Crippen molar-refractivity contribution in [2.75, 3.05) is 13.1 Å². The molecule has 3 aliphatic heterocycles. The fourth-order valence-corrected chi connectivity index (χ4v) is 5.35. The molecule has 0 unspecified atom stereocenters. The first-order valence-electron chi connectivity index (χ1n) is 7.63. The van der Waals surface area contributed by atoms with Gasteiger partial charge in [0.05, 0.1) is 18.1 Å². The molecule has 0 saturated carbocycles. The molecule has 0 spiro atoms. The number of aliphatic hydroxyl groups excluding tert-OH is 1. The zero-order valence-corrected chi connectivity index (χ0v) is 13.8. The molecular formula is C15H22N2O4S. The van der Waals surface area contributed by atoms with Crippen LogP contribution in [-0.4, -0.2) is 57.5 Å². The molecular weight excluding hydrogens is 304 g/mol. The van der Waals surface area contributed by atoms with E-state index in [1.54, 1.807) is 18.7 Å². The summed E-state index contributed by atoms with van der Waals surface area (Å²) in [4.78, 5) is 26.2. The molecule has 2 fully saturated rings. The molecule has 4 atom stereocenters. The SMILES string of the molecule is C[C@@H](O)[C@H]1C(=O)N2C(C(=O)O)=C(S[C@H]3CCNC3)C(C)(C)[C@@H]12. The van der Waals surface area contributed by atoms with E-state index < -0.39 is 23.4 Å². The highest BCUT2D eigenvalue weighted by Gasteiger charge is 2.64. The molecule has 7 heteroatoms. The van der Waals surface area contributed by atoms with Crippen molar-refractivity contribution in [1.29, 1.82) is 0 Å². The van der Waals surface area contributed by atoms with Crippen LogP contribution >= 0.6 is 11.8 Å². The smallest absolute Gasteiger partial charge is 0.353 e. The predicted octanol–water partition coefficient (Wildman–Crippen LogP) is 0.625. The number of nitrogens with one attached hydrogen (secondary N) is 1. The van der Waals surface area contributed by atoms with E-state index in [0.29, 0.717) is 5.25 Å². The lowest BCUT2D eigenvalue weighted by atomic mass is 9.71. The van der Waals surface area contributed by atoms with Crippen molar-refractivity contribution in [3.05, 3.63) is 10.6 Å². The fourth-order valence-electron chi connectivity index (χ4n) is 3.85. The summed E-state index contributed by atoms with van der Waals surface area (Å²) in [5, 5.41) is 23.1. The maximum Gasteiger partial charge on any atom is 0.353 e. The number of carbonyl (C=O) groups is 2. The Labute approximate surface area is 133 Å². The van der Waals surface area contributed by atoms with Gasteiger partial charge in [-0.15, -0.1) is 11.8 Å².